The average molecular weight is 673 g/mol. The Morgan fingerprint density at radius 3 is 1.04 bits per heavy atom. The van der Waals surface area contributed by atoms with E-state index in [0.717, 1.165) is 46.3 Å². The molecule has 8 nitrogen and oxygen atoms in total. The third kappa shape index (κ3) is 8.81. The molecule has 0 aliphatic rings. The van der Waals surface area contributed by atoms with Gasteiger partial charge in [-0.1, -0.05) is 72.8 Å². The van der Waals surface area contributed by atoms with Gasteiger partial charge >= 0.3 is 0 Å². The zero-order chi connectivity index (χ0) is 33.6. The van der Waals surface area contributed by atoms with Gasteiger partial charge in [-0.2, -0.15) is 0 Å². The number of anilines is 4. The molecule has 6 aromatic rings. The minimum atomic E-state index is -0.126. The van der Waals surface area contributed by atoms with Crippen molar-refractivity contribution in [1.82, 2.24) is 9.97 Å². The van der Waals surface area contributed by atoms with Crippen LogP contribution < -0.4 is 19.3 Å². The highest BCUT2D eigenvalue weighted by Gasteiger charge is 2.22. The lowest BCUT2D eigenvalue weighted by Crippen LogP contribution is -2.21. The third-order valence-corrected chi connectivity index (χ3v) is 8.52. The topological polar surface area (TPSA) is 84.9 Å². The van der Waals surface area contributed by atoms with Gasteiger partial charge in [0.25, 0.3) is 10.5 Å². The first-order chi connectivity index (χ1) is 23.6. The maximum atomic E-state index is 13.0. The Morgan fingerprint density at radius 2 is 0.771 bits per heavy atom. The number of rotatable bonds is 8. The standard InChI is InChI=1S/2C19H16N2O2S/c2*1-23-17-12-13-20-14-18(17)24-19(22)21(15-8-4-2-5-9-15)16-10-6-3-7-11-16/h2*2-14H,1H3. The summed E-state index contributed by atoms with van der Waals surface area (Å²) in [7, 11) is 3.16. The Balaban J connectivity index is 0.000000188. The average Bonchev–Trinajstić information content (AvgIpc) is 3.14. The molecule has 2 heterocycles. The zero-order valence-corrected chi connectivity index (χ0v) is 27.9. The molecule has 6 rings (SSSR count). The van der Waals surface area contributed by atoms with Crippen molar-refractivity contribution in [2.24, 2.45) is 0 Å². The Kier molecular flexibility index (Phi) is 12.2. The molecule has 0 aliphatic carbocycles. The van der Waals surface area contributed by atoms with E-state index in [1.807, 2.05) is 121 Å². The molecule has 0 spiro atoms. The molecule has 10 heteroatoms. The van der Waals surface area contributed by atoms with Crippen LogP contribution in [-0.4, -0.2) is 34.7 Å². The highest BCUT2D eigenvalue weighted by molar-refractivity contribution is 8.14. The zero-order valence-electron chi connectivity index (χ0n) is 26.2. The van der Waals surface area contributed by atoms with Crippen molar-refractivity contribution in [2.75, 3.05) is 24.0 Å². The summed E-state index contributed by atoms with van der Waals surface area (Å²) in [6, 6.07) is 41.7. The highest BCUT2D eigenvalue weighted by Crippen LogP contribution is 2.36. The number of amides is 2. The fraction of sp³-hybridized carbons (Fsp3) is 0.0526. The SMILES string of the molecule is COc1ccncc1SC(=O)N(c1ccccc1)c1ccccc1.COc1ccncc1SC(=O)N(c1ccccc1)c1ccccc1. The number of benzene rings is 4. The summed E-state index contributed by atoms with van der Waals surface area (Å²) in [5, 5.41) is -0.252. The third-order valence-electron chi connectivity index (χ3n) is 6.75. The molecule has 2 amide bonds. The molecule has 0 atom stereocenters. The molecule has 0 bridgehead atoms. The summed E-state index contributed by atoms with van der Waals surface area (Å²) in [5.74, 6) is 1.26. The number of carbonyl (C=O) groups excluding carboxylic acids is 2. The minimum Gasteiger partial charge on any atom is -0.495 e. The lowest BCUT2D eigenvalue weighted by atomic mass is 10.2. The smallest absolute Gasteiger partial charge is 0.295 e. The van der Waals surface area contributed by atoms with Gasteiger partial charge in [-0.05, 0) is 84.2 Å². The Bertz CT molecular complexity index is 1680. The van der Waals surface area contributed by atoms with Crippen LogP contribution in [-0.2, 0) is 0 Å². The Morgan fingerprint density at radius 1 is 0.479 bits per heavy atom. The monoisotopic (exact) mass is 672 g/mol. The minimum absolute atomic E-state index is 0.126. The number of carbonyl (C=O) groups is 2. The van der Waals surface area contributed by atoms with E-state index in [-0.39, 0.29) is 10.5 Å². The number of thioether (sulfide) groups is 2. The number of para-hydroxylation sites is 4. The van der Waals surface area contributed by atoms with Crippen LogP contribution >= 0.6 is 23.5 Å². The number of pyridine rings is 2. The number of methoxy groups -OCH3 is 2. The summed E-state index contributed by atoms with van der Waals surface area (Å²) in [6.07, 6.45) is 6.55. The first-order valence-corrected chi connectivity index (χ1v) is 16.4. The van der Waals surface area contributed by atoms with Crippen LogP contribution in [0.1, 0.15) is 0 Å². The molecule has 2 aromatic heterocycles. The summed E-state index contributed by atoms with van der Waals surface area (Å²) < 4.78 is 10.6. The molecular weight excluding hydrogens is 641 g/mol. The Hall–Kier alpha value is -5.58. The molecule has 0 unspecified atom stereocenters. The van der Waals surface area contributed by atoms with Gasteiger partial charge in [0.1, 0.15) is 11.5 Å². The van der Waals surface area contributed by atoms with E-state index < -0.39 is 0 Å². The number of aromatic nitrogens is 2. The number of nitrogens with zero attached hydrogens (tertiary/aromatic N) is 4. The van der Waals surface area contributed by atoms with Crippen LogP contribution in [0.2, 0.25) is 0 Å². The van der Waals surface area contributed by atoms with E-state index in [2.05, 4.69) is 9.97 Å². The van der Waals surface area contributed by atoms with E-state index >= 15 is 0 Å². The van der Waals surface area contributed by atoms with Crippen molar-refractivity contribution in [3.63, 3.8) is 0 Å². The summed E-state index contributed by atoms with van der Waals surface area (Å²) in [5.41, 5.74) is 3.24. The maximum Gasteiger partial charge on any atom is 0.295 e. The second-order valence-electron chi connectivity index (χ2n) is 9.80. The van der Waals surface area contributed by atoms with Crippen LogP contribution in [0.5, 0.6) is 11.5 Å². The molecule has 48 heavy (non-hydrogen) atoms. The molecule has 0 aliphatic heterocycles. The summed E-state index contributed by atoms with van der Waals surface area (Å²) >= 11 is 2.18. The normalized spacial score (nSPS) is 10.2. The Labute approximate surface area is 288 Å². The molecular formula is C38H32N4O4S2. The molecule has 0 N–H and O–H groups in total. The largest absolute Gasteiger partial charge is 0.495 e. The van der Waals surface area contributed by atoms with Crippen LogP contribution in [0.25, 0.3) is 0 Å². The van der Waals surface area contributed by atoms with Gasteiger partial charge in [0.05, 0.1) is 24.0 Å². The van der Waals surface area contributed by atoms with Crippen molar-refractivity contribution < 1.29 is 19.1 Å². The predicted octanol–water partition coefficient (Wildman–Crippen LogP) is 10.3. The van der Waals surface area contributed by atoms with E-state index in [0.29, 0.717) is 21.3 Å². The quantitative estimate of drug-likeness (QED) is 0.148. The van der Waals surface area contributed by atoms with Gasteiger partial charge in [-0.3, -0.25) is 29.4 Å². The molecule has 0 saturated heterocycles. The molecule has 0 saturated carbocycles. The van der Waals surface area contributed by atoms with Gasteiger partial charge in [-0.15, -0.1) is 0 Å². The number of hydrogen-bond acceptors (Lipinski definition) is 8. The molecule has 0 fully saturated rings. The van der Waals surface area contributed by atoms with E-state index in [4.69, 9.17) is 9.47 Å². The van der Waals surface area contributed by atoms with Crippen molar-refractivity contribution in [2.45, 2.75) is 9.79 Å². The highest BCUT2D eigenvalue weighted by atomic mass is 32.2. The van der Waals surface area contributed by atoms with Gasteiger partial charge in [0.2, 0.25) is 0 Å². The van der Waals surface area contributed by atoms with Crippen LogP contribution in [0.15, 0.2) is 168 Å². The molecule has 4 aromatic carbocycles. The van der Waals surface area contributed by atoms with Crippen LogP contribution in [0, 0.1) is 0 Å². The first kappa shape index (κ1) is 33.8. The van der Waals surface area contributed by atoms with Crippen molar-refractivity contribution in [1.29, 1.82) is 0 Å². The van der Waals surface area contributed by atoms with Crippen molar-refractivity contribution in [3.8, 4) is 11.5 Å². The maximum absolute atomic E-state index is 13.0. The summed E-state index contributed by atoms with van der Waals surface area (Å²) in [6.45, 7) is 0. The van der Waals surface area contributed by atoms with Crippen LogP contribution in [0.3, 0.4) is 0 Å². The number of hydrogen-bond donors (Lipinski definition) is 0. The summed E-state index contributed by atoms with van der Waals surface area (Å²) in [4.78, 5) is 38.9. The first-order valence-electron chi connectivity index (χ1n) is 14.8. The van der Waals surface area contributed by atoms with Gasteiger partial charge < -0.3 is 9.47 Å². The van der Waals surface area contributed by atoms with Crippen molar-refractivity contribution >= 4 is 56.8 Å². The van der Waals surface area contributed by atoms with E-state index in [1.165, 1.54) is 0 Å². The lowest BCUT2D eigenvalue weighted by molar-refractivity contribution is 0.266. The molecule has 0 radical (unpaired) electrons. The second-order valence-corrected chi connectivity index (χ2v) is 11.8. The van der Waals surface area contributed by atoms with Gasteiger partial charge in [-0.25, -0.2) is 0 Å². The fourth-order valence-electron chi connectivity index (χ4n) is 4.53. The predicted molar refractivity (Wildman–Crippen MR) is 194 cm³/mol. The van der Waals surface area contributed by atoms with E-state index in [1.54, 1.807) is 60.9 Å². The van der Waals surface area contributed by atoms with Gasteiger partial charge in [0.15, 0.2) is 0 Å². The van der Waals surface area contributed by atoms with Crippen molar-refractivity contribution in [3.05, 3.63) is 158 Å². The molecule has 240 valence electrons. The number of ether oxygens (including phenoxy) is 2. The van der Waals surface area contributed by atoms with Gasteiger partial charge in [0, 0.05) is 47.5 Å². The van der Waals surface area contributed by atoms with E-state index in [9.17, 15) is 9.59 Å². The second kappa shape index (κ2) is 17.4. The lowest BCUT2D eigenvalue weighted by Gasteiger charge is -2.22. The fourth-order valence-corrected chi connectivity index (χ4v) is 6.24. The van der Waals surface area contributed by atoms with Crippen LogP contribution in [0.4, 0.5) is 32.3 Å².